The van der Waals surface area contributed by atoms with E-state index in [2.05, 4.69) is 0 Å². The SMILES string of the molecule is CC(CCc1ccccc1F)C(=O)N1CCCCC1CN. The summed E-state index contributed by atoms with van der Waals surface area (Å²) in [6, 6.07) is 6.96. The fourth-order valence-corrected chi connectivity index (χ4v) is 3.02. The van der Waals surface area contributed by atoms with Gasteiger partial charge in [-0.3, -0.25) is 4.79 Å². The lowest BCUT2D eigenvalue weighted by molar-refractivity contribution is -0.138. The predicted molar refractivity (Wildman–Crippen MR) is 82.3 cm³/mol. The Labute approximate surface area is 126 Å². The molecule has 0 spiro atoms. The van der Waals surface area contributed by atoms with E-state index in [1.165, 1.54) is 6.07 Å². The Morgan fingerprint density at radius 3 is 2.90 bits per heavy atom. The third-order valence-corrected chi connectivity index (χ3v) is 4.41. The minimum Gasteiger partial charge on any atom is -0.338 e. The molecule has 2 atom stereocenters. The van der Waals surface area contributed by atoms with E-state index in [9.17, 15) is 9.18 Å². The summed E-state index contributed by atoms with van der Waals surface area (Å²) < 4.78 is 13.6. The fraction of sp³-hybridized carbons (Fsp3) is 0.588. The van der Waals surface area contributed by atoms with Crippen molar-refractivity contribution in [1.29, 1.82) is 0 Å². The monoisotopic (exact) mass is 292 g/mol. The van der Waals surface area contributed by atoms with Crippen molar-refractivity contribution in [3.8, 4) is 0 Å². The molecule has 1 aromatic rings. The summed E-state index contributed by atoms with van der Waals surface area (Å²) in [5, 5.41) is 0. The summed E-state index contributed by atoms with van der Waals surface area (Å²) in [6.45, 7) is 3.28. The Bertz CT molecular complexity index is 478. The van der Waals surface area contributed by atoms with Crippen molar-refractivity contribution in [2.24, 2.45) is 11.7 Å². The van der Waals surface area contributed by atoms with Gasteiger partial charge in [-0.25, -0.2) is 4.39 Å². The van der Waals surface area contributed by atoms with Crippen molar-refractivity contribution >= 4 is 5.91 Å². The van der Waals surface area contributed by atoms with Crippen LogP contribution in [0.5, 0.6) is 0 Å². The molecule has 1 aliphatic heterocycles. The van der Waals surface area contributed by atoms with E-state index in [-0.39, 0.29) is 23.7 Å². The first kappa shape index (κ1) is 16.0. The van der Waals surface area contributed by atoms with Crippen LogP contribution in [0.2, 0.25) is 0 Å². The second kappa shape index (κ2) is 7.55. The minimum atomic E-state index is -0.185. The third-order valence-electron chi connectivity index (χ3n) is 4.41. The van der Waals surface area contributed by atoms with Crippen LogP contribution in [-0.4, -0.2) is 29.9 Å². The molecule has 4 heteroatoms. The lowest BCUT2D eigenvalue weighted by atomic mass is 9.96. The van der Waals surface area contributed by atoms with Gasteiger partial charge >= 0.3 is 0 Å². The standard InChI is InChI=1S/C17H25FN2O/c1-13(9-10-14-6-2-3-8-16(14)18)17(21)20-11-5-4-7-15(20)12-19/h2-3,6,8,13,15H,4-5,7,9-12,19H2,1H3. The first-order valence-electron chi connectivity index (χ1n) is 7.87. The first-order valence-corrected chi connectivity index (χ1v) is 7.87. The molecule has 0 bridgehead atoms. The molecule has 21 heavy (non-hydrogen) atoms. The van der Waals surface area contributed by atoms with Crippen molar-refractivity contribution in [2.45, 2.75) is 45.1 Å². The molecule has 3 nitrogen and oxygen atoms in total. The number of nitrogens with two attached hydrogens (primary N) is 1. The Balaban J connectivity index is 1.91. The topological polar surface area (TPSA) is 46.3 Å². The third kappa shape index (κ3) is 4.03. The lowest BCUT2D eigenvalue weighted by Crippen LogP contribution is -2.49. The second-order valence-electron chi connectivity index (χ2n) is 5.95. The molecule has 1 saturated heterocycles. The molecule has 0 aromatic heterocycles. The Morgan fingerprint density at radius 1 is 1.43 bits per heavy atom. The molecule has 2 N–H and O–H groups in total. The molecule has 2 rings (SSSR count). The van der Waals surface area contributed by atoms with E-state index in [1.54, 1.807) is 12.1 Å². The quantitative estimate of drug-likeness (QED) is 0.907. The molecule has 0 aliphatic carbocycles. The summed E-state index contributed by atoms with van der Waals surface area (Å²) >= 11 is 0. The van der Waals surface area contributed by atoms with Gasteiger partial charge in [0.1, 0.15) is 5.82 Å². The lowest BCUT2D eigenvalue weighted by Gasteiger charge is -2.36. The number of hydrogen-bond donors (Lipinski definition) is 1. The maximum Gasteiger partial charge on any atom is 0.225 e. The van der Waals surface area contributed by atoms with Gasteiger partial charge in [-0.1, -0.05) is 25.1 Å². The number of carbonyl (C=O) groups excluding carboxylic acids is 1. The smallest absolute Gasteiger partial charge is 0.225 e. The number of aryl methyl sites for hydroxylation is 1. The molecule has 1 amide bonds. The number of nitrogens with zero attached hydrogens (tertiary/aromatic N) is 1. The van der Waals surface area contributed by atoms with Gasteiger partial charge in [-0.05, 0) is 43.7 Å². The number of rotatable bonds is 5. The van der Waals surface area contributed by atoms with Crippen LogP contribution in [0.4, 0.5) is 4.39 Å². The normalized spacial score (nSPS) is 20.3. The molecule has 1 aromatic carbocycles. The summed E-state index contributed by atoms with van der Waals surface area (Å²) in [7, 11) is 0. The zero-order valence-corrected chi connectivity index (χ0v) is 12.7. The number of benzene rings is 1. The van der Waals surface area contributed by atoms with Gasteiger partial charge in [0.05, 0.1) is 0 Å². The summed E-state index contributed by atoms with van der Waals surface area (Å²) in [5.41, 5.74) is 6.46. The molecular weight excluding hydrogens is 267 g/mol. The van der Waals surface area contributed by atoms with Crippen molar-refractivity contribution in [1.82, 2.24) is 4.90 Å². The van der Waals surface area contributed by atoms with Crippen LogP contribution < -0.4 is 5.73 Å². The fourth-order valence-electron chi connectivity index (χ4n) is 3.02. The predicted octanol–water partition coefficient (Wildman–Crippen LogP) is 2.73. The molecule has 0 saturated carbocycles. The highest BCUT2D eigenvalue weighted by molar-refractivity contribution is 5.79. The van der Waals surface area contributed by atoms with Crippen LogP contribution in [0, 0.1) is 11.7 Å². The van der Waals surface area contributed by atoms with Crippen LogP contribution in [0.3, 0.4) is 0 Å². The molecule has 1 aliphatic rings. The summed E-state index contributed by atoms with van der Waals surface area (Å²) in [5.74, 6) is -0.104. The van der Waals surface area contributed by atoms with E-state index in [4.69, 9.17) is 5.73 Å². The van der Waals surface area contributed by atoms with Crippen molar-refractivity contribution in [3.63, 3.8) is 0 Å². The average molecular weight is 292 g/mol. The van der Waals surface area contributed by atoms with Gasteiger partial charge in [0.15, 0.2) is 0 Å². The number of halogens is 1. The highest BCUT2D eigenvalue weighted by Crippen LogP contribution is 2.21. The van der Waals surface area contributed by atoms with E-state index in [0.29, 0.717) is 24.9 Å². The first-order chi connectivity index (χ1) is 10.1. The number of piperidine rings is 1. The van der Waals surface area contributed by atoms with Crippen LogP contribution in [0.1, 0.15) is 38.2 Å². The second-order valence-corrected chi connectivity index (χ2v) is 5.95. The highest BCUT2D eigenvalue weighted by Gasteiger charge is 2.28. The molecule has 116 valence electrons. The van der Waals surface area contributed by atoms with E-state index < -0.39 is 0 Å². The van der Waals surface area contributed by atoms with Crippen LogP contribution >= 0.6 is 0 Å². The van der Waals surface area contributed by atoms with Gasteiger partial charge < -0.3 is 10.6 Å². The van der Waals surface area contributed by atoms with E-state index in [0.717, 1.165) is 25.8 Å². The van der Waals surface area contributed by atoms with E-state index in [1.807, 2.05) is 17.9 Å². The van der Waals surface area contributed by atoms with Gasteiger partial charge in [-0.15, -0.1) is 0 Å². The highest BCUT2D eigenvalue weighted by atomic mass is 19.1. The number of hydrogen-bond acceptors (Lipinski definition) is 2. The van der Waals surface area contributed by atoms with Crippen LogP contribution in [0.25, 0.3) is 0 Å². The molecule has 2 unspecified atom stereocenters. The van der Waals surface area contributed by atoms with Gasteiger partial charge in [0, 0.05) is 25.0 Å². The molecular formula is C17H25FN2O. The number of amides is 1. The number of likely N-dealkylation sites (tertiary alicyclic amines) is 1. The van der Waals surface area contributed by atoms with Crippen molar-refractivity contribution in [2.75, 3.05) is 13.1 Å². The van der Waals surface area contributed by atoms with Gasteiger partial charge in [-0.2, -0.15) is 0 Å². The Hall–Kier alpha value is -1.42. The van der Waals surface area contributed by atoms with Crippen molar-refractivity contribution < 1.29 is 9.18 Å². The Kier molecular flexibility index (Phi) is 5.74. The van der Waals surface area contributed by atoms with Gasteiger partial charge in [0.25, 0.3) is 0 Å². The van der Waals surface area contributed by atoms with Gasteiger partial charge in [0.2, 0.25) is 5.91 Å². The number of carbonyl (C=O) groups is 1. The summed E-state index contributed by atoms with van der Waals surface area (Å²) in [6.07, 6.45) is 4.48. The Morgan fingerprint density at radius 2 is 2.19 bits per heavy atom. The minimum absolute atomic E-state index is 0.0863. The van der Waals surface area contributed by atoms with Crippen molar-refractivity contribution in [3.05, 3.63) is 35.6 Å². The zero-order valence-electron chi connectivity index (χ0n) is 12.7. The summed E-state index contributed by atoms with van der Waals surface area (Å²) in [4.78, 5) is 14.5. The maximum atomic E-state index is 13.6. The van der Waals surface area contributed by atoms with E-state index >= 15 is 0 Å². The maximum absolute atomic E-state index is 13.6. The average Bonchev–Trinajstić information content (AvgIpc) is 2.53. The molecule has 1 fully saturated rings. The van der Waals surface area contributed by atoms with Crippen LogP contribution in [-0.2, 0) is 11.2 Å². The van der Waals surface area contributed by atoms with Crippen LogP contribution in [0.15, 0.2) is 24.3 Å². The zero-order chi connectivity index (χ0) is 15.2. The molecule has 0 radical (unpaired) electrons. The largest absolute Gasteiger partial charge is 0.338 e. The molecule has 1 heterocycles.